The zero-order valence-corrected chi connectivity index (χ0v) is 26.4. The lowest BCUT2D eigenvalue weighted by molar-refractivity contribution is 0.669. The van der Waals surface area contributed by atoms with Crippen LogP contribution in [-0.4, -0.2) is 9.97 Å². The summed E-state index contributed by atoms with van der Waals surface area (Å²) in [6.07, 6.45) is 4.15. The molecule has 2 aromatic heterocycles. The van der Waals surface area contributed by atoms with E-state index in [2.05, 4.69) is 151 Å². The van der Waals surface area contributed by atoms with Crippen molar-refractivity contribution in [2.45, 2.75) is 79.1 Å². The van der Waals surface area contributed by atoms with Crippen molar-refractivity contribution in [1.29, 1.82) is 0 Å². The van der Waals surface area contributed by atoms with E-state index in [1.165, 1.54) is 78.1 Å². The lowest BCUT2D eigenvalue weighted by Crippen LogP contribution is -2.16. The van der Waals surface area contributed by atoms with Crippen LogP contribution in [0.3, 0.4) is 0 Å². The zero-order valence-electron chi connectivity index (χ0n) is 26.4. The number of rotatable bonds is 7. The molecule has 0 saturated heterocycles. The number of nitrogens with one attached hydrogen (secondary N) is 2. The van der Waals surface area contributed by atoms with Gasteiger partial charge in [-0.2, -0.15) is 0 Å². The van der Waals surface area contributed by atoms with E-state index in [-0.39, 0.29) is 11.8 Å². The Balaban J connectivity index is 1.66. The Labute approximate surface area is 251 Å². The van der Waals surface area contributed by atoms with Crippen molar-refractivity contribution in [2.24, 2.45) is 0 Å². The third-order valence-corrected chi connectivity index (χ3v) is 9.42. The molecule has 0 saturated carbocycles. The molecule has 2 unspecified atom stereocenters. The fourth-order valence-electron chi connectivity index (χ4n) is 7.10. The van der Waals surface area contributed by atoms with Gasteiger partial charge < -0.3 is 9.97 Å². The minimum absolute atomic E-state index is 0.0953. The van der Waals surface area contributed by atoms with Gasteiger partial charge in [0.2, 0.25) is 0 Å². The molecule has 0 aromatic carbocycles. The molecule has 2 atom stereocenters. The molecular formula is C40H44N2. The lowest BCUT2D eigenvalue weighted by Gasteiger charge is -2.28. The molecule has 2 aromatic rings. The van der Waals surface area contributed by atoms with Crippen LogP contribution in [0, 0.1) is 27.7 Å². The number of aryl methyl sites for hydroxylation is 4. The molecule has 2 heterocycles. The molecular weight excluding hydrogens is 508 g/mol. The van der Waals surface area contributed by atoms with Gasteiger partial charge in [0.15, 0.2) is 0 Å². The third kappa shape index (κ3) is 4.77. The molecule has 0 aliphatic heterocycles. The quantitative estimate of drug-likeness (QED) is 0.197. The maximum atomic E-state index is 3.66. The van der Waals surface area contributed by atoms with Gasteiger partial charge in [0.25, 0.3) is 0 Å². The molecule has 0 fully saturated rings. The largest absolute Gasteiger partial charge is 0.364 e. The van der Waals surface area contributed by atoms with Gasteiger partial charge in [-0.25, -0.2) is 0 Å². The smallest absolute Gasteiger partial charge is 0.0371 e. The van der Waals surface area contributed by atoms with Crippen LogP contribution in [0.2, 0.25) is 0 Å². The number of aromatic nitrogens is 2. The fourth-order valence-corrected chi connectivity index (χ4v) is 7.10. The van der Waals surface area contributed by atoms with Gasteiger partial charge in [-0.15, -0.1) is 0 Å². The predicted molar refractivity (Wildman–Crippen MR) is 179 cm³/mol. The van der Waals surface area contributed by atoms with E-state index in [4.69, 9.17) is 0 Å². The Morgan fingerprint density at radius 1 is 0.476 bits per heavy atom. The minimum atomic E-state index is 0.0953. The predicted octanol–water partition coefficient (Wildman–Crippen LogP) is 11.0. The summed E-state index contributed by atoms with van der Waals surface area (Å²) in [5.41, 5.74) is 18.9. The first kappa shape index (κ1) is 28.1. The highest BCUT2D eigenvalue weighted by Gasteiger charge is 2.36. The number of aromatic amines is 2. The number of H-pyrrole nitrogens is 2. The molecule has 0 spiro atoms. The van der Waals surface area contributed by atoms with E-state index in [1.54, 1.807) is 0 Å². The van der Waals surface area contributed by atoms with E-state index in [0.717, 1.165) is 0 Å². The first-order valence-electron chi connectivity index (χ1n) is 15.5. The summed E-state index contributed by atoms with van der Waals surface area (Å²) in [5, 5.41) is 0. The van der Waals surface area contributed by atoms with Crippen LogP contribution in [0.4, 0.5) is 0 Å². The number of hydrogen-bond donors (Lipinski definition) is 2. The van der Waals surface area contributed by atoms with E-state index < -0.39 is 0 Å². The van der Waals surface area contributed by atoms with Crippen molar-refractivity contribution >= 4 is 0 Å². The van der Waals surface area contributed by atoms with Gasteiger partial charge in [0, 0.05) is 35.6 Å². The maximum Gasteiger partial charge on any atom is 0.0371 e. The Bertz CT molecular complexity index is 1630. The van der Waals surface area contributed by atoms with Crippen molar-refractivity contribution in [3.63, 3.8) is 0 Å². The lowest BCUT2D eigenvalue weighted by atomic mass is 9.75. The molecule has 214 valence electrons. The van der Waals surface area contributed by atoms with Crippen molar-refractivity contribution in [3.05, 3.63) is 141 Å². The molecule has 0 radical (unpaired) electrons. The normalized spacial score (nSPS) is 13.5. The number of hydrogen-bond acceptors (Lipinski definition) is 0. The molecule has 6 rings (SSSR count). The molecule has 2 nitrogen and oxygen atoms in total. The van der Waals surface area contributed by atoms with E-state index in [9.17, 15) is 0 Å². The van der Waals surface area contributed by atoms with Crippen LogP contribution >= 0.6 is 0 Å². The van der Waals surface area contributed by atoms with Crippen molar-refractivity contribution < 1.29 is 0 Å². The minimum Gasteiger partial charge on any atom is -0.364 e. The highest BCUT2D eigenvalue weighted by Crippen LogP contribution is 2.52. The Hall–Kier alpha value is -4.04. The van der Waals surface area contributed by atoms with E-state index in [0.29, 0.717) is 11.8 Å². The van der Waals surface area contributed by atoms with Gasteiger partial charge in [0.1, 0.15) is 0 Å². The van der Waals surface area contributed by atoms with Gasteiger partial charge in [-0.1, -0.05) is 76.2 Å². The summed E-state index contributed by atoms with van der Waals surface area (Å²) in [6.45, 7) is 18.3. The van der Waals surface area contributed by atoms with E-state index in [1.807, 2.05) is 0 Å². The molecule has 4 aliphatic rings. The molecule has 42 heavy (non-hydrogen) atoms. The Morgan fingerprint density at radius 2 is 0.881 bits per heavy atom. The Morgan fingerprint density at radius 3 is 1.21 bits per heavy atom. The molecule has 2 heteroatoms. The summed E-state index contributed by atoms with van der Waals surface area (Å²) in [4.78, 5) is 7.33. The summed E-state index contributed by atoms with van der Waals surface area (Å²) >= 11 is 0. The highest BCUT2D eigenvalue weighted by molar-refractivity contribution is 5.82. The summed E-state index contributed by atoms with van der Waals surface area (Å²) in [7, 11) is 0. The zero-order chi connectivity index (χ0) is 29.7. The molecule has 4 aliphatic carbocycles. The average molecular weight is 553 g/mol. The van der Waals surface area contributed by atoms with Crippen molar-refractivity contribution in [3.8, 4) is 22.3 Å². The second kappa shape index (κ2) is 11.0. The molecule has 2 N–H and O–H groups in total. The van der Waals surface area contributed by atoms with Crippen LogP contribution in [0.15, 0.2) is 85.2 Å². The van der Waals surface area contributed by atoms with E-state index >= 15 is 0 Å². The van der Waals surface area contributed by atoms with Gasteiger partial charge in [-0.05, 0) is 131 Å². The molecule has 0 amide bonds. The monoisotopic (exact) mass is 552 g/mol. The van der Waals surface area contributed by atoms with Gasteiger partial charge in [-0.3, -0.25) is 0 Å². The average Bonchev–Trinajstić information content (AvgIpc) is 3.72. The standard InChI is InChI=1S/C40H44N2/c1-23(2)29-15-13-25(5)37-31(21-29)27(7)19-33(37)39(35-11-9-17-41-35)40(36-12-10-18-42-36)34-20-28(8)32-22-30(24(3)4)16-14-26(6)38(32)34/h9-24,39-42H,1-8H3. The summed E-state index contributed by atoms with van der Waals surface area (Å²) < 4.78 is 0. The topological polar surface area (TPSA) is 31.6 Å². The SMILES string of the molecule is Cc1cc(C(c2ccc[nH]2)C(c2ccc[nH]2)c2cc(C)c3cc(C(C)C)ccc(C)c2-3)c2c(C)ccc(C(C)C)cc1-2. The fraction of sp³-hybridized carbons (Fsp3) is 0.300. The second-order valence-electron chi connectivity index (χ2n) is 13.0. The van der Waals surface area contributed by atoms with Gasteiger partial charge in [0.05, 0.1) is 0 Å². The van der Waals surface area contributed by atoms with Crippen LogP contribution in [0.25, 0.3) is 22.3 Å². The first-order chi connectivity index (χ1) is 20.2. The molecule has 0 bridgehead atoms. The maximum absolute atomic E-state index is 3.66. The van der Waals surface area contributed by atoms with Crippen molar-refractivity contribution in [2.75, 3.05) is 0 Å². The first-order valence-corrected chi connectivity index (χ1v) is 15.5. The summed E-state index contributed by atoms with van der Waals surface area (Å²) in [6, 6.07) is 27.9. The van der Waals surface area contributed by atoms with Crippen LogP contribution < -0.4 is 0 Å². The summed E-state index contributed by atoms with van der Waals surface area (Å²) in [5.74, 6) is 1.14. The van der Waals surface area contributed by atoms with Crippen LogP contribution in [-0.2, 0) is 0 Å². The van der Waals surface area contributed by atoms with Crippen LogP contribution in [0.1, 0.15) is 107 Å². The Kier molecular flexibility index (Phi) is 7.35. The van der Waals surface area contributed by atoms with Crippen LogP contribution in [0.5, 0.6) is 0 Å². The van der Waals surface area contributed by atoms with Gasteiger partial charge >= 0.3 is 0 Å². The third-order valence-electron chi connectivity index (χ3n) is 9.42. The second-order valence-corrected chi connectivity index (χ2v) is 13.0. The number of fused-ring (bicyclic) bond motifs is 2. The highest BCUT2D eigenvalue weighted by atomic mass is 14.7. The van der Waals surface area contributed by atoms with Crippen molar-refractivity contribution in [1.82, 2.24) is 9.97 Å².